The summed E-state index contributed by atoms with van der Waals surface area (Å²) in [5, 5.41) is 14.2. The lowest BCUT2D eigenvalue weighted by atomic mass is 10.0. The van der Waals surface area contributed by atoms with E-state index in [1.165, 1.54) is 17.0 Å². The standard InChI is InChI=1S/C24H22ClF3N2O3/c1-15-6-10-19(11-7-15)29-23(32)30(20-12-8-18(25)9-13-20)16(2)22(31)17-4-3-5-21(14-17)33-24(26,27)28/h3-14,16,22,31H,1-2H3,(H,29,32). The van der Waals surface area contributed by atoms with Crippen LogP contribution in [-0.4, -0.2) is 23.5 Å². The topological polar surface area (TPSA) is 61.8 Å². The minimum atomic E-state index is -4.86. The molecule has 0 aliphatic rings. The number of anilines is 2. The van der Waals surface area contributed by atoms with Gasteiger partial charge < -0.3 is 15.2 Å². The van der Waals surface area contributed by atoms with E-state index < -0.39 is 30.3 Å². The molecule has 33 heavy (non-hydrogen) atoms. The molecule has 3 aromatic carbocycles. The number of aryl methyl sites for hydroxylation is 1. The SMILES string of the molecule is Cc1ccc(NC(=O)N(c2ccc(Cl)cc2)C(C)C(O)c2cccc(OC(F)(F)F)c2)cc1. The first-order chi connectivity index (χ1) is 15.5. The van der Waals surface area contributed by atoms with Crippen LogP contribution in [0.5, 0.6) is 5.75 Å². The lowest BCUT2D eigenvalue weighted by molar-refractivity contribution is -0.274. The van der Waals surface area contributed by atoms with Crippen LogP contribution < -0.4 is 15.0 Å². The van der Waals surface area contributed by atoms with Crippen molar-refractivity contribution in [3.63, 3.8) is 0 Å². The Morgan fingerprint density at radius 2 is 1.70 bits per heavy atom. The van der Waals surface area contributed by atoms with E-state index in [1.807, 2.05) is 19.1 Å². The second-order valence-electron chi connectivity index (χ2n) is 7.45. The Balaban J connectivity index is 1.90. The highest BCUT2D eigenvalue weighted by molar-refractivity contribution is 6.30. The quantitative estimate of drug-likeness (QED) is 0.414. The number of nitrogens with one attached hydrogen (secondary N) is 1. The maximum absolute atomic E-state index is 13.2. The van der Waals surface area contributed by atoms with Gasteiger partial charge in [0.25, 0.3) is 0 Å². The molecule has 0 saturated heterocycles. The Labute approximate surface area is 194 Å². The lowest BCUT2D eigenvalue weighted by Crippen LogP contribution is -2.44. The number of aliphatic hydroxyl groups excluding tert-OH is 1. The van der Waals surface area contributed by atoms with Gasteiger partial charge in [-0.3, -0.25) is 4.90 Å². The maximum atomic E-state index is 13.2. The molecule has 0 fully saturated rings. The van der Waals surface area contributed by atoms with E-state index in [9.17, 15) is 23.1 Å². The molecule has 0 radical (unpaired) electrons. The van der Waals surface area contributed by atoms with E-state index >= 15 is 0 Å². The summed E-state index contributed by atoms with van der Waals surface area (Å²) in [5.41, 5.74) is 2.17. The van der Waals surface area contributed by atoms with Gasteiger partial charge in [-0.1, -0.05) is 41.4 Å². The Bertz CT molecular complexity index is 1090. The van der Waals surface area contributed by atoms with Gasteiger partial charge in [0.2, 0.25) is 0 Å². The number of hydrogen-bond acceptors (Lipinski definition) is 3. The second kappa shape index (κ2) is 10.1. The number of carbonyl (C=O) groups is 1. The summed E-state index contributed by atoms with van der Waals surface area (Å²) in [6.07, 6.45) is -6.18. The highest BCUT2D eigenvalue weighted by Gasteiger charge is 2.32. The summed E-state index contributed by atoms with van der Waals surface area (Å²) in [5.74, 6) is -0.464. The van der Waals surface area contributed by atoms with Crippen LogP contribution in [0.4, 0.5) is 29.3 Å². The summed E-state index contributed by atoms with van der Waals surface area (Å²) in [4.78, 5) is 14.5. The first-order valence-electron chi connectivity index (χ1n) is 10.00. The van der Waals surface area contributed by atoms with Crippen molar-refractivity contribution < 1.29 is 27.8 Å². The number of aliphatic hydroxyl groups is 1. The highest BCUT2D eigenvalue weighted by atomic mass is 35.5. The van der Waals surface area contributed by atoms with Crippen molar-refractivity contribution in [3.05, 3.63) is 88.9 Å². The van der Waals surface area contributed by atoms with Crippen LogP contribution in [0.2, 0.25) is 5.02 Å². The molecule has 2 N–H and O–H groups in total. The van der Waals surface area contributed by atoms with Gasteiger partial charge in [-0.2, -0.15) is 0 Å². The molecule has 0 aromatic heterocycles. The number of nitrogens with zero attached hydrogens (tertiary/aromatic N) is 1. The van der Waals surface area contributed by atoms with Crippen molar-refractivity contribution in [1.82, 2.24) is 0 Å². The van der Waals surface area contributed by atoms with Crippen LogP contribution in [0.25, 0.3) is 0 Å². The van der Waals surface area contributed by atoms with Crippen molar-refractivity contribution in [2.45, 2.75) is 32.4 Å². The number of carbonyl (C=O) groups excluding carboxylic acids is 1. The van der Waals surface area contributed by atoms with Gasteiger partial charge in [-0.25, -0.2) is 4.79 Å². The van der Waals surface area contributed by atoms with E-state index in [2.05, 4.69) is 10.1 Å². The molecule has 0 aliphatic heterocycles. The number of urea groups is 1. The van der Waals surface area contributed by atoms with Crippen molar-refractivity contribution in [1.29, 1.82) is 0 Å². The molecule has 3 rings (SSSR count). The Morgan fingerprint density at radius 1 is 1.06 bits per heavy atom. The zero-order chi connectivity index (χ0) is 24.2. The van der Waals surface area contributed by atoms with Gasteiger partial charge >= 0.3 is 12.4 Å². The molecule has 0 heterocycles. The van der Waals surface area contributed by atoms with Crippen molar-refractivity contribution >= 4 is 29.0 Å². The third kappa shape index (κ3) is 6.63. The third-order valence-electron chi connectivity index (χ3n) is 4.92. The van der Waals surface area contributed by atoms with Crippen LogP contribution in [0.3, 0.4) is 0 Å². The summed E-state index contributed by atoms with van der Waals surface area (Å²) < 4.78 is 41.7. The molecular formula is C24H22ClF3N2O3. The van der Waals surface area contributed by atoms with Crippen molar-refractivity contribution in [2.75, 3.05) is 10.2 Å². The fourth-order valence-corrected chi connectivity index (χ4v) is 3.40. The van der Waals surface area contributed by atoms with Crippen molar-refractivity contribution in [3.8, 4) is 5.75 Å². The highest BCUT2D eigenvalue weighted by Crippen LogP contribution is 2.31. The Hall–Kier alpha value is -3.23. The number of alkyl halides is 3. The molecule has 0 saturated carbocycles. The molecule has 174 valence electrons. The van der Waals surface area contributed by atoms with E-state index in [-0.39, 0.29) is 5.56 Å². The fourth-order valence-electron chi connectivity index (χ4n) is 3.27. The first kappa shape index (κ1) is 24.4. The summed E-state index contributed by atoms with van der Waals surface area (Å²) >= 11 is 5.97. The largest absolute Gasteiger partial charge is 0.573 e. The molecule has 2 atom stereocenters. The predicted octanol–water partition coefficient (Wildman–Crippen LogP) is 6.71. The normalized spacial score (nSPS) is 13.2. The monoisotopic (exact) mass is 478 g/mol. The fraction of sp³-hybridized carbons (Fsp3) is 0.208. The average Bonchev–Trinajstić information content (AvgIpc) is 2.75. The number of benzene rings is 3. The molecule has 3 aromatic rings. The number of halogens is 4. The van der Waals surface area contributed by atoms with Crippen LogP contribution in [0, 0.1) is 6.92 Å². The van der Waals surface area contributed by atoms with E-state index in [0.717, 1.165) is 17.7 Å². The lowest BCUT2D eigenvalue weighted by Gasteiger charge is -2.33. The molecule has 0 bridgehead atoms. The molecule has 5 nitrogen and oxygen atoms in total. The van der Waals surface area contributed by atoms with Crippen LogP contribution >= 0.6 is 11.6 Å². The molecule has 9 heteroatoms. The summed E-state index contributed by atoms with van der Waals surface area (Å²) in [6.45, 7) is 3.51. The number of amides is 2. The number of hydrogen-bond donors (Lipinski definition) is 2. The maximum Gasteiger partial charge on any atom is 0.573 e. The average molecular weight is 479 g/mol. The van der Waals surface area contributed by atoms with Crippen molar-refractivity contribution in [2.24, 2.45) is 0 Å². The molecule has 0 spiro atoms. The first-order valence-corrected chi connectivity index (χ1v) is 10.4. The minimum Gasteiger partial charge on any atom is -0.406 e. The third-order valence-corrected chi connectivity index (χ3v) is 5.18. The second-order valence-corrected chi connectivity index (χ2v) is 7.88. The van der Waals surface area contributed by atoms with Gasteiger partial charge in [0.15, 0.2) is 0 Å². The minimum absolute atomic E-state index is 0.159. The Morgan fingerprint density at radius 3 is 2.30 bits per heavy atom. The number of rotatable bonds is 6. The summed E-state index contributed by atoms with van der Waals surface area (Å²) in [6, 6.07) is 17.2. The van der Waals surface area contributed by atoms with Crippen LogP contribution in [0.15, 0.2) is 72.8 Å². The zero-order valence-corrected chi connectivity index (χ0v) is 18.6. The zero-order valence-electron chi connectivity index (χ0n) is 17.8. The van der Waals surface area contributed by atoms with E-state index in [0.29, 0.717) is 16.4 Å². The van der Waals surface area contributed by atoms with Gasteiger partial charge in [0.1, 0.15) is 5.75 Å². The van der Waals surface area contributed by atoms with E-state index in [4.69, 9.17) is 11.6 Å². The van der Waals surface area contributed by atoms with Gasteiger partial charge in [-0.05, 0) is 67.9 Å². The molecular weight excluding hydrogens is 457 g/mol. The van der Waals surface area contributed by atoms with Crippen LogP contribution in [0.1, 0.15) is 24.2 Å². The van der Waals surface area contributed by atoms with E-state index in [1.54, 1.807) is 43.3 Å². The van der Waals surface area contributed by atoms with Crippen LogP contribution in [-0.2, 0) is 0 Å². The Kier molecular flexibility index (Phi) is 7.50. The molecule has 0 aliphatic carbocycles. The van der Waals surface area contributed by atoms with Gasteiger partial charge in [0.05, 0.1) is 12.1 Å². The smallest absolute Gasteiger partial charge is 0.406 e. The predicted molar refractivity (Wildman–Crippen MR) is 122 cm³/mol. The van der Waals surface area contributed by atoms with Gasteiger partial charge in [-0.15, -0.1) is 13.2 Å². The number of ether oxygens (including phenoxy) is 1. The molecule has 2 unspecified atom stereocenters. The summed E-state index contributed by atoms with van der Waals surface area (Å²) in [7, 11) is 0. The van der Waals surface area contributed by atoms with Gasteiger partial charge in [0, 0.05) is 16.4 Å². The molecule has 2 amide bonds.